The van der Waals surface area contributed by atoms with Crippen molar-refractivity contribution in [2.75, 3.05) is 0 Å². The summed E-state index contributed by atoms with van der Waals surface area (Å²) in [6, 6.07) is 54.0. The van der Waals surface area contributed by atoms with Gasteiger partial charge in [-0.3, -0.25) is 4.98 Å². The van der Waals surface area contributed by atoms with E-state index >= 15 is 0 Å². The standard InChI is InChI=1S/C43H38N3O.C18H24NSi.Ir/c1-25(2)35-23-31(30-19-18-28-12-7-8-13-29(28)22-30)24-36(26(3)4)40(35)46-39-17-10-9-16-38(39)44-42(46)34-15-11-14-32-33-20-21-37(27(5)6)45-43(33)47-41(32)34;1-14(2)11-16-12-17(15-9-7-6-8-10-15)19-13-18(16)20(3,4)5;/h7-14,16-27H,1-6H3;6-9,12-14H,11H2,1-5H3;/q2*-1;. The summed E-state index contributed by atoms with van der Waals surface area (Å²) in [7, 11) is -1.34. The monoisotopic (exact) mass is 1090 g/mol. The fraction of sp³-hybridized carbons (Fsp3) is 0.262. The number of rotatable bonds is 10. The first-order chi connectivity index (χ1) is 32.2. The zero-order valence-corrected chi connectivity index (χ0v) is 44.7. The van der Waals surface area contributed by atoms with Gasteiger partial charge in [0.2, 0.25) is 5.71 Å². The Labute approximate surface area is 417 Å². The smallest absolute Gasteiger partial charge is 0.216 e. The van der Waals surface area contributed by atoms with Crippen molar-refractivity contribution in [1.82, 2.24) is 19.5 Å². The van der Waals surface area contributed by atoms with Crippen LogP contribution in [0.15, 0.2) is 144 Å². The van der Waals surface area contributed by atoms with Crippen LogP contribution >= 0.6 is 0 Å². The Hall–Kier alpha value is -5.98. The van der Waals surface area contributed by atoms with Gasteiger partial charge in [0.05, 0.1) is 30.5 Å². The van der Waals surface area contributed by atoms with E-state index in [1.807, 2.05) is 24.3 Å². The molecule has 68 heavy (non-hydrogen) atoms. The van der Waals surface area contributed by atoms with E-state index in [0.29, 0.717) is 17.5 Å². The van der Waals surface area contributed by atoms with Gasteiger partial charge < -0.3 is 14.0 Å². The van der Waals surface area contributed by atoms with Crippen molar-refractivity contribution in [3.63, 3.8) is 0 Å². The quantitative estimate of drug-likeness (QED) is 0.101. The van der Waals surface area contributed by atoms with Crippen molar-refractivity contribution in [2.24, 2.45) is 5.92 Å². The molecule has 0 atom stereocenters. The second kappa shape index (κ2) is 19.9. The number of fused-ring (bicyclic) bond motifs is 5. The summed E-state index contributed by atoms with van der Waals surface area (Å²) in [6.07, 6.45) is 3.24. The summed E-state index contributed by atoms with van der Waals surface area (Å²) in [6.45, 7) is 25.2. The maximum atomic E-state index is 6.59. The Morgan fingerprint density at radius 1 is 0.632 bits per heavy atom. The first-order valence-electron chi connectivity index (χ1n) is 24.0. The largest absolute Gasteiger partial charge is 0.486 e. The van der Waals surface area contributed by atoms with Gasteiger partial charge in [-0.25, -0.2) is 4.98 Å². The molecular formula is C61H62IrN4OSi-2. The van der Waals surface area contributed by atoms with Crippen LogP contribution in [0.3, 0.4) is 0 Å². The zero-order valence-electron chi connectivity index (χ0n) is 41.3. The molecule has 0 saturated carbocycles. The van der Waals surface area contributed by atoms with Gasteiger partial charge in [0.25, 0.3) is 0 Å². The number of para-hydroxylation sites is 2. The van der Waals surface area contributed by atoms with E-state index < -0.39 is 8.07 Å². The van der Waals surface area contributed by atoms with Gasteiger partial charge >= 0.3 is 0 Å². The zero-order chi connectivity index (χ0) is 47.1. The molecule has 0 saturated heterocycles. The second-order valence-electron chi connectivity index (χ2n) is 20.4. The molecule has 10 rings (SSSR count). The molecule has 1 radical (unpaired) electrons. The van der Waals surface area contributed by atoms with Gasteiger partial charge in [-0.15, -0.1) is 54.1 Å². The van der Waals surface area contributed by atoms with Crippen LogP contribution in [-0.2, 0) is 26.5 Å². The third-order valence-corrected chi connectivity index (χ3v) is 14.9. The van der Waals surface area contributed by atoms with Crippen molar-refractivity contribution in [3.05, 3.63) is 174 Å². The molecule has 0 bridgehead atoms. The maximum absolute atomic E-state index is 6.59. The topological polar surface area (TPSA) is 56.7 Å². The number of hydrogen-bond acceptors (Lipinski definition) is 4. The maximum Gasteiger partial charge on any atom is 0.216 e. The van der Waals surface area contributed by atoms with Crippen molar-refractivity contribution in [3.8, 4) is 39.5 Å². The van der Waals surface area contributed by atoms with Gasteiger partial charge in [0.15, 0.2) is 0 Å². The molecular weight excluding hydrogens is 1030 g/mol. The van der Waals surface area contributed by atoms with E-state index in [4.69, 9.17) is 14.4 Å². The SMILES string of the molecule is CC(C)Cc1cc(-c2[c-]cccc2)ncc1[Si](C)(C)C.CC(C)c1ccc2c(n1)oc1c(-c3nc4ccccc4n3-c3c(C(C)C)cc(-c4ccc5ccccc5c4)cc3C(C)C)[c-]ccc12.[Ir]. The minimum atomic E-state index is -1.34. The fourth-order valence-corrected chi connectivity index (χ4v) is 11.0. The number of hydrogen-bond donors (Lipinski definition) is 0. The molecule has 6 aromatic carbocycles. The molecule has 10 aromatic rings. The van der Waals surface area contributed by atoms with E-state index in [1.54, 1.807) is 0 Å². The summed E-state index contributed by atoms with van der Waals surface area (Å²) >= 11 is 0. The summed E-state index contributed by atoms with van der Waals surface area (Å²) in [5.41, 5.74) is 15.1. The van der Waals surface area contributed by atoms with Crippen LogP contribution < -0.4 is 5.19 Å². The van der Waals surface area contributed by atoms with Gasteiger partial charge in [-0.2, -0.15) is 0 Å². The second-order valence-corrected chi connectivity index (χ2v) is 25.5. The van der Waals surface area contributed by atoms with E-state index in [2.05, 4.69) is 212 Å². The van der Waals surface area contributed by atoms with Crippen molar-refractivity contribution >= 4 is 57.1 Å². The van der Waals surface area contributed by atoms with Crippen LogP contribution in [0.5, 0.6) is 0 Å². The van der Waals surface area contributed by atoms with E-state index in [1.165, 1.54) is 49.5 Å². The van der Waals surface area contributed by atoms with Gasteiger partial charge in [-0.1, -0.05) is 146 Å². The minimum Gasteiger partial charge on any atom is -0.486 e. The van der Waals surface area contributed by atoms with Crippen LogP contribution in [0, 0.1) is 18.1 Å². The summed E-state index contributed by atoms with van der Waals surface area (Å²) < 4.78 is 8.94. The Morgan fingerprint density at radius 3 is 2.01 bits per heavy atom. The van der Waals surface area contributed by atoms with Crippen LogP contribution in [0.2, 0.25) is 19.6 Å². The summed E-state index contributed by atoms with van der Waals surface area (Å²) in [5, 5.41) is 6.02. The van der Waals surface area contributed by atoms with Gasteiger partial charge in [0, 0.05) is 43.1 Å². The number of furan rings is 1. The molecule has 347 valence electrons. The Balaban J connectivity index is 0.000000251. The first kappa shape index (κ1) is 48.5. The predicted molar refractivity (Wildman–Crippen MR) is 286 cm³/mol. The van der Waals surface area contributed by atoms with E-state index in [9.17, 15) is 0 Å². The molecule has 0 N–H and O–H groups in total. The van der Waals surface area contributed by atoms with Crippen molar-refractivity contribution in [1.29, 1.82) is 0 Å². The number of nitrogens with zero attached hydrogens (tertiary/aromatic N) is 4. The van der Waals surface area contributed by atoms with Gasteiger partial charge in [-0.05, 0) is 116 Å². The Morgan fingerprint density at radius 2 is 1.34 bits per heavy atom. The molecule has 0 aliphatic carbocycles. The number of benzene rings is 6. The molecule has 0 unspecified atom stereocenters. The molecule has 0 spiro atoms. The van der Waals surface area contributed by atoms with Gasteiger partial charge in [0.1, 0.15) is 0 Å². The molecule has 0 amide bonds. The van der Waals surface area contributed by atoms with Crippen LogP contribution in [0.4, 0.5) is 0 Å². The average Bonchev–Trinajstić information content (AvgIpc) is 3.89. The molecule has 4 aromatic heterocycles. The third-order valence-electron chi connectivity index (χ3n) is 12.8. The number of aromatic nitrogens is 4. The predicted octanol–water partition coefficient (Wildman–Crippen LogP) is 16.3. The molecule has 7 heteroatoms. The van der Waals surface area contributed by atoms with E-state index in [-0.39, 0.29) is 31.9 Å². The summed E-state index contributed by atoms with van der Waals surface area (Å²) in [4.78, 5) is 14.9. The first-order valence-corrected chi connectivity index (χ1v) is 27.5. The normalized spacial score (nSPS) is 11.9. The number of imidazole rings is 1. The van der Waals surface area contributed by atoms with Crippen LogP contribution in [-0.4, -0.2) is 27.6 Å². The third kappa shape index (κ3) is 9.67. The molecule has 4 heterocycles. The molecule has 0 fully saturated rings. The summed E-state index contributed by atoms with van der Waals surface area (Å²) in [5.74, 6) is 2.33. The average molecular weight is 1090 g/mol. The Bertz CT molecular complexity index is 3360. The van der Waals surface area contributed by atoms with E-state index in [0.717, 1.165) is 62.1 Å². The van der Waals surface area contributed by atoms with Crippen LogP contribution in [0.25, 0.3) is 83.3 Å². The molecule has 0 aliphatic heterocycles. The van der Waals surface area contributed by atoms with Crippen molar-refractivity contribution in [2.45, 2.75) is 99.2 Å². The number of pyridine rings is 2. The molecule has 5 nitrogen and oxygen atoms in total. The van der Waals surface area contributed by atoms with Crippen LogP contribution in [0.1, 0.15) is 95.5 Å². The Kier molecular flexibility index (Phi) is 14.2. The fourth-order valence-electron chi connectivity index (χ4n) is 9.38. The van der Waals surface area contributed by atoms with Crippen molar-refractivity contribution < 1.29 is 24.5 Å². The minimum absolute atomic E-state index is 0. The molecule has 0 aliphatic rings.